The van der Waals surface area contributed by atoms with E-state index in [9.17, 15) is 0 Å². The topological polar surface area (TPSA) is 56.5 Å². The van der Waals surface area contributed by atoms with Crippen LogP contribution in [-0.4, -0.2) is 36.8 Å². The third-order valence-electron chi connectivity index (χ3n) is 2.30. The summed E-state index contributed by atoms with van der Waals surface area (Å²) in [6, 6.07) is 9.77. The minimum Gasteiger partial charge on any atom is -0.496 e. The highest BCUT2D eigenvalue weighted by Gasteiger charge is 2.08. The summed E-state index contributed by atoms with van der Waals surface area (Å²) in [5.41, 5.74) is 1.02. The number of ether oxygens (including phenoxy) is 1. The van der Waals surface area contributed by atoms with Gasteiger partial charge >= 0.3 is 0 Å². The summed E-state index contributed by atoms with van der Waals surface area (Å²) in [4.78, 5) is 1.87. The zero-order valence-electron chi connectivity index (χ0n) is 9.39. The van der Waals surface area contributed by atoms with Gasteiger partial charge in [0.25, 0.3) is 0 Å². The van der Waals surface area contributed by atoms with Gasteiger partial charge in [0, 0.05) is 18.7 Å². The van der Waals surface area contributed by atoms with E-state index in [0.717, 1.165) is 11.3 Å². The average molecular weight is 220 g/mol. The maximum atomic E-state index is 8.89. The van der Waals surface area contributed by atoms with Crippen molar-refractivity contribution in [1.29, 1.82) is 5.26 Å². The summed E-state index contributed by atoms with van der Waals surface area (Å²) < 4.78 is 5.23. The normalized spacial score (nSPS) is 10.1. The van der Waals surface area contributed by atoms with Gasteiger partial charge in [0.05, 0.1) is 26.3 Å². The van der Waals surface area contributed by atoms with Crippen molar-refractivity contribution >= 4 is 0 Å². The van der Waals surface area contributed by atoms with Gasteiger partial charge in [-0.15, -0.1) is 0 Å². The van der Waals surface area contributed by atoms with Crippen molar-refractivity contribution in [3.63, 3.8) is 0 Å². The second-order valence-electron chi connectivity index (χ2n) is 3.40. The summed E-state index contributed by atoms with van der Waals surface area (Å²) >= 11 is 0. The van der Waals surface area contributed by atoms with E-state index >= 15 is 0 Å². The molecule has 0 saturated carbocycles. The fraction of sp³-hybridized carbons (Fsp3) is 0.417. The van der Waals surface area contributed by atoms with Crippen molar-refractivity contribution in [3.8, 4) is 11.8 Å². The van der Waals surface area contributed by atoms with Gasteiger partial charge in [-0.1, -0.05) is 18.2 Å². The first-order valence-corrected chi connectivity index (χ1v) is 5.14. The number of nitriles is 1. The van der Waals surface area contributed by atoms with Crippen LogP contribution in [0.4, 0.5) is 0 Å². The Labute approximate surface area is 95.7 Å². The molecule has 0 radical (unpaired) electrons. The molecule has 4 nitrogen and oxygen atoms in total. The van der Waals surface area contributed by atoms with E-state index in [-0.39, 0.29) is 6.61 Å². The van der Waals surface area contributed by atoms with Gasteiger partial charge in [-0.25, -0.2) is 0 Å². The third-order valence-corrected chi connectivity index (χ3v) is 2.30. The maximum absolute atomic E-state index is 8.89. The van der Waals surface area contributed by atoms with E-state index in [1.165, 1.54) is 0 Å². The number of nitrogens with zero attached hydrogens (tertiary/aromatic N) is 2. The molecule has 0 aliphatic rings. The van der Waals surface area contributed by atoms with Crippen LogP contribution in [0.5, 0.6) is 5.75 Å². The number of hydrogen-bond acceptors (Lipinski definition) is 4. The molecule has 0 saturated heterocycles. The Hall–Kier alpha value is -1.57. The van der Waals surface area contributed by atoms with Crippen LogP contribution in [0.25, 0.3) is 0 Å². The van der Waals surface area contributed by atoms with Crippen molar-refractivity contribution in [2.75, 3.05) is 26.8 Å². The zero-order chi connectivity index (χ0) is 11.8. The van der Waals surface area contributed by atoms with Crippen LogP contribution < -0.4 is 4.74 Å². The van der Waals surface area contributed by atoms with Crippen molar-refractivity contribution in [3.05, 3.63) is 29.8 Å². The van der Waals surface area contributed by atoms with Crippen molar-refractivity contribution < 1.29 is 9.84 Å². The van der Waals surface area contributed by atoms with E-state index in [1.807, 2.05) is 29.2 Å². The molecule has 0 aliphatic carbocycles. The van der Waals surface area contributed by atoms with Gasteiger partial charge in [0.15, 0.2) is 0 Å². The number of methoxy groups -OCH3 is 1. The van der Waals surface area contributed by atoms with Gasteiger partial charge in [0.1, 0.15) is 5.75 Å². The Morgan fingerprint density at radius 2 is 2.19 bits per heavy atom. The van der Waals surface area contributed by atoms with Crippen LogP contribution in [0, 0.1) is 11.3 Å². The number of aliphatic hydroxyl groups is 1. The van der Waals surface area contributed by atoms with Crippen LogP contribution in [0.1, 0.15) is 5.56 Å². The summed E-state index contributed by atoms with van der Waals surface area (Å²) in [5.74, 6) is 0.809. The molecular weight excluding hydrogens is 204 g/mol. The Morgan fingerprint density at radius 1 is 1.44 bits per heavy atom. The Bertz CT molecular complexity index is 360. The van der Waals surface area contributed by atoms with Gasteiger partial charge in [0.2, 0.25) is 0 Å². The Balaban J connectivity index is 2.72. The highest BCUT2D eigenvalue weighted by molar-refractivity contribution is 5.33. The van der Waals surface area contributed by atoms with Crippen LogP contribution in [0.2, 0.25) is 0 Å². The Morgan fingerprint density at radius 3 is 2.81 bits per heavy atom. The molecule has 0 amide bonds. The lowest BCUT2D eigenvalue weighted by atomic mass is 10.2. The molecule has 86 valence electrons. The van der Waals surface area contributed by atoms with E-state index in [2.05, 4.69) is 6.07 Å². The molecular formula is C12H16N2O2. The van der Waals surface area contributed by atoms with E-state index in [0.29, 0.717) is 19.6 Å². The number of hydrogen-bond donors (Lipinski definition) is 1. The SMILES string of the molecule is COc1ccccc1CN(CC#N)CCO. The summed E-state index contributed by atoms with van der Waals surface area (Å²) in [5, 5.41) is 17.5. The van der Waals surface area contributed by atoms with E-state index in [4.69, 9.17) is 15.1 Å². The zero-order valence-corrected chi connectivity index (χ0v) is 9.39. The minimum absolute atomic E-state index is 0.0524. The van der Waals surface area contributed by atoms with Crippen LogP contribution in [0.3, 0.4) is 0 Å². The predicted octanol–water partition coefficient (Wildman–Crippen LogP) is 1.01. The molecule has 0 spiro atoms. The summed E-state index contributed by atoms with van der Waals surface area (Å²) in [6.45, 7) is 1.46. The van der Waals surface area contributed by atoms with Gasteiger partial charge < -0.3 is 9.84 Å². The quantitative estimate of drug-likeness (QED) is 0.727. The molecule has 16 heavy (non-hydrogen) atoms. The lowest BCUT2D eigenvalue weighted by Crippen LogP contribution is -2.27. The number of benzene rings is 1. The molecule has 1 aromatic rings. The molecule has 0 atom stereocenters. The van der Waals surface area contributed by atoms with Crippen LogP contribution in [-0.2, 0) is 6.54 Å². The summed E-state index contributed by atoms with van der Waals surface area (Å²) in [6.07, 6.45) is 0. The molecule has 1 rings (SSSR count). The molecule has 0 bridgehead atoms. The van der Waals surface area contributed by atoms with Crippen molar-refractivity contribution in [1.82, 2.24) is 4.90 Å². The van der Waals surface area contributed by atoms with Crippen LogP contribution in [0.15, 0.2) is 24.3 Å². The first kappa shape index (κ1) is 12.5. The smallest absolute Gasteiger partial charge is 0.123 e. The lowest BCUT2D eigenvalue weighted by molar-refractivity contribution is 0.203. The molecule has 0 heterocycles. The minimum atomic E-state index is 0.0524. The molecule has 0 aliphatic heterocycles. The molecule has 0 fully saturated rings. The van der Waals surface area contributed by atoms with Gasteiger partial charge in [-0.2, -0.15) is 5.26 Å². The fourth-order valence-corrected chi connectivity index (χ4v) is 1.53. The highest BCUT2D eigenvalue weighted by Crippen LogP contribution is 2.18. The average Bonchev–Trinajstić information content (AvgIpc) is 2.30. The summed E-state index contributed by atoms with van der Waals surface area (Å²) in [7, 11) is 1.62. The Kier molecular flexibility index (Phi) is 5.34. The monoisotopic (exact) mass is 220 g/mol. The first-order chi connectivity index (χ1) is 7.81. The van der Waals surface area contributed by atoms with E-state index in [1.54, 1.807) is 7.11 Å². The third kappa shape index (κ3) is 3.54. The largest absolute Gasteiger partial charge is 0.496 e. The number of rotatable bonds is 6. The van der Waals surface area contributed by atoms with Crippen molar-refractivity contribution in [2.24, 2.45) is 0 Å². The molecule has 4 heteroatoms. The number of para-hydroxylation sites is 1. The van der Waals surface area contributed by atoms with Gasteiger partial charge in [-0.05, 0) is 6.07 Å². The molecule has 1 N–H and O–H groups in total. The van der Waals surface area contributed by atoms with E-state index < -0.39 is 0 Å². The second kappa shape index (κ2) is 6.83. The molecule has 0 aromatic heterocycles. The standard InChI is InChI=1S/C12H16N2O2/c1-16-12-5-3-2-4-11(12)10-14(7-6-13)8-9-15/h2-5,15H,7-10H2,1H3. The van der Waals surface area contributed by atoms with Crippen LogP contribution >= 0.6 is 0 Å². The highest BCUT2D eigenvalue weighted by atomic mass is 16.5. The lowest BCUT2D eigenvalue weighted by Gasteiger charge is -2.19. The first-order valence-electron chi connectivity index (χ1n) is 5.14. The fourth-order valence-electron chi connectivity index (χ4n) is 1.53. The van der Waals surface area contributed by atoms with Crippen molar-refractivity contribution in [2.45, 2.75) is 6.54 Å². The maximum Gasteiger partial charge on any atom is 0.123 e. The second-order valence-corrected chi connectivity index (χ2v) is 3.40. The molecule has 0 unspecified atom stereocenters. The molecule has 1 aromatic carbocycles. The predicted molar refractivity (Wildman–Crippen MR) is 61.0 cm³/mol. The number of aliphatic hydroxyl groups excluding tert-OH is 1. The van der Waals surface area contributed by atoms with Gasteiger partial charge in [-0.3, -0.25) is 4.90 Å².